The largest absolute Gasteiger partial charge is 0.459 e. The van der Waals surface area contributed by atoms with Crippen molar-refractivity contribution < 1.29 is 23.5 Å². The fraction of sp³-hybridized carbons (Fsp3) is 0.316. The molecule has 1 aromatic heterocycles. The predicted octanol–water partition coefficient (Wildman–Crippen LogP) is 2.53. The molecule has 1 atom stereocenters. The van der Waals surface area contributed by atoms with Gasteiger partial charge in [0.15, 0.2) is 11.9 Å². The highest BCUT2D eigenvalue weighted by atomic mass is 16.5. The van der Waals surface area contributed by atoms with Gasteiger partial charge in [0.25, 0.3) is 11.8 Å². The van der Waals surface area contributed by atoms with Gasteiger partial charge in [-0.25, -0.2) is 0 Å². The first-order chi connectivity index (χ1) is 12.5. The molecular formula is C19H22N2O5. The normalized spacial score (nSPS) is 11.5. The lowest BCUT2D eigenvalue weighted by molar-refractivity contribution is -0.153. The molecule has 0 saturated heterocycles. The van der Waals surface area contributed by atoms with Crippen molar-refractivity contribution in [3.63, 3.8) is 0 Å². The van der Waals surface area contributed by atoms with E-state index in [1.165, 1.54) is 24.8 Å². The molecule has 7 heteroatoms. The zero-order valence-electron chi connectivity index (χ0n) is 14.8. The summed E-state index contributed by atoms with van der Waals surface area (Å²) in [6.07, 6.45) is 1.32. The monoisotopic (exact) mass is 358 g/mol. The highest BCUT2D eigenvalue weighted by Crippen LogP contribution is 2.11. The van der Waals surface area contributed by atoms with E-state index in [4.69, 9.17) is 9.15 Å². The topological polar surface area (TPSA) is 97.6 Å². The highest BCUT2D eigenvalue weighted by Gasteiger charge is 2.18. The smallest absolute Gasteiger partial charge is 0.308 e. The Bertz CT molecular complexity index is 738. The Morgan fingerprint density at radius 3 is 2.50 bits per heavy atom. The third-order valence-corrected chi connectivity index (χ3v) is 3.67. The maximum Gasteiger partial charge on any atom is 0.308 e. The van der Waals surface area contributed by atoms with Gasteiger partial charge < -0.3 is 19.8 Å². The van der Waals surface area contributed by atoms with Gasteiger partial charge in [-0.3, -0.25) is 14.4 Å². The van der Waals surface area contributed by atoms with Gasteiger partial charge in [0.05, 0.1) is 12.7 Å². The van der Waals surface area contributed by atoms with Crippen molar-refractivity contribution in [3.8, 4) is 0 Å². The standard InChI is InChI=1S/C19H22N2O5/c1-3-14-6-8-15(9-7-14)21-18(23)13(2)26-17(22)10-11-20-19(24)16-5-4-12-25-16/h4-9,12-13H,3,10-11H2,1-2H3,(H,20,24)(H,21,23)/t13-/m1/s1. The molecule has 1 heterocycles. The van der Waals surface area contributed by atoms with E-state index in [0.717, 1.165) is 6.42 Å². The molecule has 0 aliphatic carbocycles. The van der Waals surface area contributed by atoms with Crippen molar-refractivity contribution >= 4 is 23.5 Å². The molecule has 2 amide bonds. The molecular weight excluding hydrogens is 336 g/mol. The van der Waals surface area contributed by atoms with Gasteiger partial charge in [0.2, 0.25) is 0 Å². The first kappa shape index (κ1) is 19.2. The molecule has 2 aromatic rings. The van der Waals surface area contributed by atoms with Crippen LogP contribution in [0.5, 0.6) is 0 Å². The van der Waals surface area contributed by atoms with Gasteiger partial charge in [0, 0.05) is 12.2 Å². The van der Waals surface area contributed by atoms with Crippen LogP contribution >= 0.6 is 0 Å². The van der Waals surface area contributed by atoms with Crippen LogP contribution in [-0.2, 0) is 20.7 Å². The van der Waals surface area contributed by atoms with Crippen molar-refractivity contribution in [2.45, 2.75) is 32.8 Å². The minimum absolute atomic E-state index is 0.0464. The van der Waals surface area contributed by atoms with Crippen LogP contribution in [0.15, 0.2) is 47.1 Å². The van der Waals surface area contributed by atoms with Crippen LogP contribution in [0.2, 0.25) is 0 Å². The van der Waals surface area contributed by atoms with Crippen LogP contribution < -0.4 is 10.6 Å². The summed E-state index contributed by atoms with van der Waals surface area (Å²) in [4.78, 5) is 35.5. The summed E-state index contributed by atoms with van der Waals surface area (Å²) in [7, 11) is 0. The van der Waals surface area contributed by atoms with Crippen LogP contribution in [0.25, 0.3) is 0 Å². The zero-order valence-corrected chi connectivity index (χ0v) is 14.8. The maximum atomic E-state index is 12.1. The maximum absolute atomic E-state index is 12.1. The van der Waals surface area contributed by atoms with E-state index >= 15 is 0 Å². The molecule has 0 saturated carbocycles. The summed E-state index contributed by atoms with van der Waals surface area (Å²) < 4.78 is 10.0. The fourth-order valence-corrected chi connectivity index (χ4v) is 2.15. The number of hydrogen-bond donors (Lipinski definition) is 2. The lowest BCUT2D eigenvalue weighted by Gasteiger charge is -2.14. The summed E-state index contributed by atoms with van der Waals surface area (Å²) in [6, 6.07) is 10.6. The minimum Gasteiger partial charge on any atom is -0.459 e. The summed E-state index contributed by atoms with van der Waals surface area (Å²) in [5, 5.41) is 5.23. The molecule has 2 N–H and O–H groups in total. The Morgan fingerprint density at radius 1 is 1.15 bits per heavy atom. The average Bonchev–Trinajstić information content (AvgIpc) is 3.17. The number of amides is 2. The van der Waals surface area contributed by atoms with Crippen LogP contribution in [-0.4, -0.2) is 30.4 Å². The van der Waals surface area contributed by atoms with Crippen LogP contribution in [0.1, 0.15) is 36.4 Å². The van der Waals surface area contributed by atoms with E-state index in [-0.39, 0.29) is 18.7 Å². The van der Waals surface area contributed by atoms with Gasteiger partial charge in [-0.15, -0.1) is 0 Å². The third-order valence-electron chi connectivity index (χ3n) is 3.67. The Morgan fingerprint density at radius 2 is 1.88 bits per heavy atom. The fourth-order valence-electron chi connectivity index (χ4n) is 2.15. The second-order valence-corrected chi connectivity index (χ2v) is 5.66. The number of hydrogen-bond acceptors (Lipinski definition) is 5. The summed E-state index contributed by atoms with van der Waals surface area (Å²) >= 11 is 0. The first-order valence-corrected chi connectivity index (χ1v) is 8.40. The molecule has 0 spiro atoms. The van der Waals surface area contributed by atoms with Crippen LogP contribution in [0, 0.1) is 0 Å². The van der Waals surface area contributed by atoms with E-state index in [2.05, 4.69) is 10.6 Å². The molecule has 138 valence electrons. The van der Waals surface area contributed by atoms with E-state index in [9.17, 15) is 14.4 Å². The number of furan rings is 1. The molecule has 0 bridgehead atoms. The Hall–Kier alpha value is -3.09. The second-order valence-electron chi connectivity index (χ2n) is 5.66. The number of anilines is 1. The Balaban J connectivity index is 1.71. The zero-order chi connectivity index (χ0) is 18.9. The van der Waals surface area contributed by atoms with Crippen LogP contribution in [0.4, 0.5) is 5.69 Å². The Kier molecular flexibility index (Phi) is 6.96. The third kappa shape index (κ3) is 5.77. The molecule has 2 rings (SSSR count). The average molecular weight is 358 g/mol. The molecule has 26 heavy (non-hydrogen) atoms. The van der Waals surface area contributed by atoms with Crippen molar-refractivity contribution in [2.75, 3.05) is 11.9 Å². The predicted molar refractivity (Wildman–Crippen MR) is 95.7 cm³/mol. The summed E-state index contributed by atoms with van der Waals surface area (Å²) in [5.41, 5.74) is 1.81. The number of esters is 1. The van der Waals surface area contributed by atoms with Gasteiger partial charge in [-0.05, 0) is 43.2 Å². The number of benzene rings is 1. The Labute approximate surface area is 151 Å². The van der Waals surface area contributed by atoms with Crippen molar-refractivity contribution in [1.82, 2.24) is 5.32 Å². The van der Waals surface area contributed by atoms with Crippen molar-refractivity contribution in [2.24, 2.45) is 0 Å². The SMILES string of the molecule is CCc1ccc(NC(=O)[C@@H](C)OC(=O)CCNC(=O)c2ccco2)cc1. The van der Waals surface area contributed by atoms with Crippen molar-refractivity contribution in [3.05, 3.63) is 54.0 Å². The number of ether oxygens (including phenoxy) is 1. The number of carbonyl (C=O) groups is 3. The van der Waals surface area contributed by atoms with Gasteiger partial charge >= 0.3 is 5.97 Å². The quantitative estimate of drug-likeness (QED) is 0.707. The molecule has 0 radical (unpaired) electrons. The molecule has 0 aliphatic rings. The number of nitrogens with one attached hydrogen (secondary N) is 2. The van der Waals surface area contributed by atoms with E-state index < -0.39 is 23.9 Å². The first-order valence-electron chi connectivity index (χ1n) is 8.40. The minimum atomic E-state index is -0.936. The van der Waals surface area contributed by atoms with Crippen molar-refractivity contribution in [1.29, 1.82) is 0 Å². The molecule has 0 fully saturated rings. The summed E-state index contributed by atoms with van der Waals surface area (Å²) in [6.45, 7) is 3.63. The lowest BCUT2D eigenvalue weighted by atomic mass is 10.1. The number of rotatable bonds is 8. The number of aryl methyl sites for hydroxylation is 1. The van der Waals surface area contributed by atoms with E-state index in [1.807, 2.05) is 19.1 Å². The lowest BCUT2D eigenvalue weighted by Crippen LogP contribution is -2.32. The molecule has 7 nitrogen and oxygen atoms in total. The summed E-state index contributed by atoms with van der Waals surface area (Å²) in [5.74, 6) is -1.24. The van der Waals surface area contributed by atoms with Gasteiger partial charge in [0.1, 0.15) is 0 Å². The van der Waals surface area contributed by atoms with Gasteiger partial charge in [-0.1, -0.05) is 19.1 Å². The molecule has 0 aliphatic heterocycles. The van der Waals surface area contributed by atoms with E-state index in [0.29, 0.717) is 5.69 Å². The number of carbonyl (C=O) groups excluding carboxylic acids is 3. The van der Waals surface area contributed by atoms with Crippen LogP contribution in [0.3, 0.4) is 0 Å². The highest BCUT2D eigenvalue weighted by molar-refractivity contribution is 5.95. The molecule has 1 aromatic carbocycles. The second kappa shape index (κ2) is 9.41. The van der Waals surface area contributed by atoms with E-state index in [1.54, 1.807) is 18.2 Å². The molecule has 0 unspecified atom stereocenters. The van der Waals surface area contributed by atoms with Gasteiger partial charge in [-0.2, -0.15) is 0 Å².